The molecule has 0 fully saturated rings. The first-order valence-corrected chi connectivity index (χ1v) is 8.63. The van der Waals surface area contributed by atoms with Gasteiger partial charge in [-0.05, 0) is 36.2 Å². The lowest BCUT2D eigenvalue weighted by Gasteiger charge is -2.05. The molecule has 1 amide bonds. The molecule has 1 aromatic heterocycles. The van der Waals surface area contributed by atoms with Gasteiger partial charge in [-0.15, -0.1) is 10.2 Å². The van der Waals surface area contributed by atoms with Gasteiger partial charge >= 0.3 is 0 Å². The van der Waals surface area contributed by atoms with Gasteiger partial charge in [-0.25, -0.2) is 0 Å². The third-order valence-corrected chi connectivity index (χ3v) is 4.19. The molecule has 1 N–H and O–H groups in total. The first kappa shape index (κ1) is 16.3. The minimum absolute atomic E-state index is 0.104. The Hall–Kier alpha value is -2.60. The summed E-state index contributed by atoms with van der Waals surface area (Å²) in [4.78, 5) is 12.0. The summed E-state index contributed by atoms with van der Waals surface area (Å²) in [6, 6.07) is 17.4. The number of anilines is 1. The molecule has 0 saturated heterocycles. The zero-order chi connectivity index (χ0) is 16.8. The number of carbonyl (C=O) groups excluding carboxylic acids is 1. The molecular weight excluding hydrogens is 322 g/mol. The lowest BCUT2D eigenvalue weighted by Crippen LogP contribution is -2.14. The average Bonchev–Trinajstić information content (AvgIpc) is 3.10. The van der Waals surface area contributed by atoms with Crippen molar-refractivity contribution in [3.63, 3.8) is 0 Å². The standard InChI is InChI=1S/C18H17N3O2S/c1-2-13-7-6-10-15(11-13)19-16(22)12-24-18-21-20-17(23-18)14-8-4-3-5-9-14/h3-11H,2,12H2,1H3,(H,19,22). The Morgan fingerprint density at radius 1 is 1.12 bits per heavy atom. The van der Waals surface area contributed by atoms with Crippen LogP contribution in [0.15, 0.2) is 64.2 Å². The SMILES string of the molecule is CCc1cccc(NC(=O)CSc2nnc(-c3ccccc3)o2)c1. The number of amides is 1. The maximum Gasteiger partial charge on any atom is 0.277 e. The molecule has 122 valence electrons. The molecule has 0 aliphatic carbocycles. The van der Waals surface area contributed by atoms with Crippen LogP contribution in [0.5, 0.6) is 0 Å². The van der Waals surface area contributed by atoms with E-state index in [1.165, 1.54) is 17.3 Å². The highest BCUT2D eigenvalue weighted by molar-refractivity contribution is 7.99. The zero-order valence-corrected chi connectivity index (χ0v) is 14.0. The van der Waals surface area contributed by atoms with E-state index in [2.05, 4.69) is 22.4 Å². The highest BCUT2D eigenvalue weighted by atomic mass is 32.2. The quantitative estimate of drug-likeness (QED) is 0.687. The Balaban J connectivity index is 1.56. The molecule has 5 nitrogen and oxygen atoms in total. The van der Waals surface area contributed by atoms with E-state index in [-0.39, 0.29) is 11.7 Å². The largest absolute Gasteiger partial charge is 0.411 e. The van der Waals surface area contributed by atoms with Crippen molar-refractivity contribution in [3.8, 4) is 11.5 Å². The van der Waals surface area contributed by atoms with Gasteiger partial charge in [0.1, 0.15) is 0 Å². The molecule has 3 aromatic rings. The summed E-state index contributed by atoms with van der Waals surface area (Å²) in [6.07, 6.45) is 0.933. The average molecular weight is 339 g/mol. The topological polar surface area (TPSA) is 68.0 Å². The third kappa shape index (κ3) is 4.23. The van der Waals surface area contributed by atoms with Crippen molar-refractivity contribution in [3.05, 3.63) is 60.2 Å². The van der Waals surface area contributed by atoms with Gasteiger partial charge in [-0.3, -0.25) is 4.79 Å². The molecule has 0 aliphatic heterocycles. The van der Waals surface area contributed by atoms with Crippen LogP contribution in [0.1, 0.15) is 12.5 Å². The van der Waals surface area contributed by atoms with Gasteiger partial charge in [0.15, 0.2) is 0 Å². The number of nitrogens with one attached hydrogen (secondary N) is 1. The van der Waals surface area contributed by atoms with Gasteiger partial charge in [0, 0.05) is 11.3 Å². The fourth-order valence-corrected chi connectivity index (χ4v) is 2.72. The van der Waals surface area contributed by atoms with Gasteiger partial charge < -0.3 is 9.73 Å². The van der Waals surface area contributed by atoms with Gasteiger partial charge in [0.2, 0.25) is 11.8 Å². The molecule has 0 unspecified atom stereocenters. The number of aryl methyl sites for hydroxylation is 1. The first-order valence-electron chi connectivity index (χ1n) is 7.65. The molecule has 0 aliphatic rings. The van der Waals surface area contributed by atoms with Crippen molar-refractivity contribution < 1.29 is 9.21 Å². The van der Waals surface area contributed by atoms with E-state index in [0.717, 1.165) is 17.7 Å². The summed E-state index contributed by atoms with van der Waals surface area (Å²) in [5.74, 6) is 0.564. The number of rotatable bonds is 6. The fraction of sp³-hybridized carbons (Fsp3) is 0.167. The number of nitrogens with zero attached hydrogens (tertiary/aromatic N) is 2. The van der Waals surface area contributed by atoms with Crippen molar-refractivity contribution in [2.24, 2.45) is 0 Å². The minimum atomic E-state index is -0.104. The molecule has 0 bridgehead atoms. The van der Waals surface area contributed by atoms with Crippen molar-refractivity contribution in [1.29, 1.82) is 0 Å². The van der Waals surface area contributed by atoms with Crippen LogP contribution in [-0.2, 0) is 11.2 Å². The second-order valence-electron chi connectivity index (χ2n) is 5.13. The van der Waals surface area contributed by atoms with Crippen LogP contribution >= 0.6 is 11.8 Å². The van der Waals surface area contributed by atoms with Crippen molar-refractivity contribution in [2.45, 2.75) is 18.6 Å². The predicted octanol–water partition coefficient (Wildman–Crippen LogP) is 4.03. The number of hydrogen-bond donors (Lipinski definition) is 1. The second kappa shape index (κ2) is 7.79. The summed E-state index contributed by atoms with van der Waals surface area (Å²) in [6.45, 7) is 2.08. The summed E-state index contributed by atoms with van der Waals surface area (Å²) >= 11 is 1.22. The normalized spacial score (nSPS) is 10.5. The number of carbonyl (C=O) groups is 1. The van der Waals surface area contributed by atoms with Gasteiger partial charge in [-0.1, -0.05) is 49.0 Å². The van der Waals surface area contributed by atoms with E-state index < -0.39 is 0 Å². The van der Waals surface area contributed by atoms with Gasteiger partial charge in [0.05, 0.1) is 5.75 Å². The summed E-state index contributed by atoms with van der Waals surface area (Å²) in [5.41, 5.74) is 2.85. The lowest BCUT2D eigenvalue weighted by molar-refractivity contribution is -0.113. The van der Waals surface area contributed by atoms with E-state index in [1.54, 1.807) is 0 Å². The second-order valence-corrected chi connectivity index (χ2v) is 6.06. The Labute approximate surface area is 144 Å². The minimum Gasteiger partial charge on any atom is -0.411 e. The molecule has 6 heteroatoms. The molecule has 3 rings (SSSR count). The van der Waals surface area contributed by atoms with Crippen LogP contribution in [0.25, 0.3) is 11.5 Å². The van der Waals surface area contributed by atoms with Gasteiger partial charge in [-0.2, -0.15) is 0 Å². The maximum absolute atomic E-state index is 12.0. The fourth-order valence-electron chi connectivity index (χ4n) is 2.16. The molecule has 1 heterocycles. The molecule has 0 saturated carbocycles. The van der Waals surface area contributed by atoms with Crippen LogP contribution in [0.4, 0.5) is 5.69 Å². The zero-order valence-electron chi connectivity index (χ0n) is 13.2. The molecular formula is C18H17N3O2S. The molecule has 0 atom stereocenters. The monoisotopic (exact) mass is 339 g/mol. The van der Waals surface area contributed by atoms with Crippen molar-refractivity contribution >= 4 is 23.4 Å². The lowest BCUT2D eigenvalue weighted by atomic mass is 10.1. The van der Waals surface area contributed by atoms with E-state index in [4.69, 9.17) is 4.42 Å². The van der Waals surface area contributed by atoms with Crippen LogP contribution in [0, 0.1) is 0 Å². The van der Waals surface area contributed by atoms with E-state index in [1.807, 2.05) is 54.6 Å². The van der Waals surface area contributed by atoms with Crippen LogP contribution in [0.3, 0.4) is 0 Å². The Morgan fingerprint density at radius 3 is 2.75 bits per heavy atom. The molecule has 24 heavy (non-hydrogen) atoms. The number of benzene rings is 2. The van der Waals surface area contributed by atoms with Crippen molar-refractivity contribution in [2.75, 3.05) is 11.1 Å². The van der Waals surface area contributed by atoms with E-state index in [0.29, 0.717) is 11.1 Å². The molecule has 0 spiro atoms. The van der Waals surface area contributed by atoms with Crippen molar-refractivity contribution in [1.82, 2.24) is 10.2 Å². The van der Waals surface area contributed by atoms with E-state index in [9.17, 15) is 4.79 Å². The van der Waals surface area contributed by atoms with Crippen LogP contribution < -0.4 is 5.32 Å². The van der Waals surface area contributed by atoms with Crippen LogP contribution in [0.2, 0.25) is 0 Å². The van der Waals surface area contributed by atoms with Gasteiger partial charge in [0.25, 0.3) is 5.22 Å². The number of thioether (sulfide) groups is 1. The third-order valence-electron chi connectivity index (χ3n) is 3.37. The summed E-state index contributed by atoms with van der Waals surface area (Å²) < 4.78 is 5.57. The smallest absolute Gasteiger partial charge is 0.277 e. The predicted molar refractivity (Wildman–Crippen MR) is 94.9 cm³/mol. The number of aromatic nitrogens is 2. The Bertz CT molecular complexity index is 818. The summed E-state index contributed by atoms with van der Waals surface area (Å²) in [5, 5.41) is 11.2. The highest BCUT2D eigenvalue weighted by Gasteiger charge is 2.11. The summed E-state index contributed by atoms with van der Waals surface area (Å²) in [7, 11) is 0. The Kier molecular flexibility index (Phi) is 5.28. The van der Waals surface area contributed by atoms with Crippen LogP contribution in [-0.4, -0.2) is 21.9 Å². The number of hydrogen-bond acceptors (Lipinski definition) is 5. The Morgan fingerprint density at radius 2 is 1.96 bits per heavy atom. The highest BCUT2D eigenvalue weighted by Crippen LogP contribution is 2.23. The maximum atomic E-state index is 12.0. The molecule has 2 aromatic carbocycles. The molecule has 0 radical (unpaired) electrons. The van der Waals surface area contributed by atoms with E-state index >= 15 is 0 Å². The first-order chi connectivity index (χ1) is 11.7.